The third kappa shape index (κ3) is 3.55. The fourth-order valence-corrected chi connectivity index (χ4v) is 3.43. The van der Waals surface area contributed by atoms with Crippen LogP contribution in [-0.2, 0) is 18.5 Å². The van der Waals surface area contributed by atoms with Gasteiger partial charge in [-0.3, -0.25) is 0 Å². The van der Waals surface area contributed by atoms with E-state index in [1.807, 2.05) is 47.1 Å². The highest BCUT2D eigenvalue weighted by molar-refractivity contribution is 5.71. The van der Waals surface area contributed by atoms with Crippen LogP contribution in [0.15, 0.2) is 54.6 Å². The van der Waals surface area contributed by atoms with Crippen molar-refractivity contribution in [3.8, 4) is 5.75 Å². The minimum absolute atomic E-state index is 0.131. The van der Waals surface area contributed by atoms with Crippen molar-refractivity contribution < 1.29 is 9.53 Å². The fraction of sp³-hybridized carbons (Fsp3) is 0.286. The maximum atomic E-state index is 11.2. The number of hydrogen-bond acceptors (Lipinski definition) is 4. The van der Waals surface area contributed by atoms with Crippen LogP contribution in [-0.4, -0.2) is 27.9 Å². The molecule has 1 heterocycles. The molecule has 1 fully saturated rings. The van der Waals surface area contributed by atoms with Crippen molar-refractivity contribution in [2.75, 3.05) is 7.11 Å². The largest absolute Gasteiger partial charge is 0.497 e. The number of aromatic nitrogens is 3. The number of nitrogens with two attached hydrogens (primary N) is 1. The third-order valence-corrected chi connectivity index (χ3v) is 5.16. The quantitative estimate of drug-likeness (QED) is 0.662. The van der Waals surface area contributed by atoms with Gasteiger partial charge in [-0.2, -0.15) is 5.10 Å². The fourth-order valence-electron chi connectivity index (χ4n) is 3.43. The predicted octanol–water partition coefficient (Wildman–Crippen LogP) is 2.58. The number of nitrogens with one attached hydrogen (secondary N) is 1. The van der Waals surface area contributed by atoms with Crippen molar-refractivity contribution >= 4 is 6.03 Å². The van der Waals surface area contributed by atoms with Gasteiger partial charge in [-0.1, -0.05) is 42.5 Å². The number of primary amides is 1. The van der Waals surface area contributed by atoms with Gasteiger partial charge in [0, 0.05) is 0 Å². The second-order valence-electron chi connectivity index (χ2n) is 7.02. The number of benzene rings is 2. The van der Waals surface area contributed by atoms with E-state index in [4.69, 9.17) is 20.6 Å². The van der Waals surface area contributed by atoms with Gasteiger partial charge in [0.15, 0.2) is 5.82 Å². The van der Waals surface area contributed by atoms with Gasteiger partial charge in [0.2, 0.25) is 0 Å². The molecule has 0 aliphatic heterocycles. The van der Waals surface area contributed by atoms with Crippen molar-refractivity contribution in [3.63, 3.8) is 0 Å². The first-order valence-electron chi connectivity index (χ1n) is 9.27. The lowest BCUT2D eigenvalue weighted by Gasteiger charge is -2.11. The van der Waals surface area contributed by atoms with Crippen LogP contribution in [0.2, 0.25) is 0 Å². The maximum absolute atomic E-state index is 11.2. The normalized spacial score (nSPS) is 14.5. The molecular formula is C21H23N5O2. The van der Waals surface area contributed by atoms with E-state index in [0.29, 0.717) is 12.4 Å². The van der Waals surface area contributed by atoms with Crippen molar-refractivity contribution in [2.45, 2.75) is 31.3 Å². The van der Waals surface area contributed by atoms with Gasteiger partial charge in [-0.15, -0.1) is 0 Å². The summed E-state index contributed by atoms with van der Waals surface area (Å²) in [5, 5.41) is 7.45. The molecule has 0 spiro atoms. The van der Waals surface area contributed by atoms with Gasteiger partial charge in [-0.05, 0) is 36.1 Å². The molecule has 1 aliphatic carbocycles. The number of ether oxygens (including phenoxy) is 1. The first-order valence-corrected chi connectivity index (χ1v) is 9.27. The van der Waals surface area contributed by atoms with Crippen molar-refractivity contribution in [2.24, 2.45) is 5.73 Å². The van der Waals surface area contributed by atoms with E-state index < -0.39 is 6.03 Å². The molecule has 1 aliphatic rings. The number of carbonyl (C=O) groups excluding carboxylic acids is 1. The van der Waals surface area contributed by atoms with Crippen LogP contribution >= 0.6 is 0 Å². The molecule has 2 amide bonds. The van der Waals surface area contributed by atoms with Gasteiger partial charge in [0.05, 0.1) is 25.6 Å². The van der Waals surface area contributed by atoms with Crippen LogP contribution in [0.1, 0.15) is 35.6 Å². The Morgan fingerprint density at radius 2 is 1.89 bits per heavy atom. The summed E-state index contributed by atoms with van der Waals surface area (Å²) >= 11 is 0. The first kappa shape index (κ1) is 18.0. The van der Waals surface area contributed by atoms with Crippen LogP contribution in [0.3, 0.4) is 0 Å². The van der Waals surface area contributed by atoms with E-state index in [0.717, 1.165) is 30.0 Å². The third-order valence-electron chi connectivity index (χ3n) is 5.16. The average Bonchev–Trinajstić information content (AvgIpc) is 3.44. The molecule has 1 saturated carbocycles. The predicted molar refractivity (Wildman–Crippen MR) is 105 cm³/mol. The van der Waals surface area contributed by atoms with Crippen LogP contribution in [0.4, 0.5) is 4.79 Å². The molecule has 144 valence electrons. The van der Waals surface area contributed by atoms with E-state index in [-0.39, 0.29) is 12.0 Å². The Balaban J connectivity index is 1.65. The maximum Gasteiger partial charge on any atom is 0.312 e. The smallest absolute Gasteiger partial charge is 0.312 e. The lowest BCUT2D eigenvalue weighted by molar-refractivity contribution is 0.248. The molecule has 0 bridgehead atoms. The van der Waals surface area contributed by atoms with E-state index in [2.05, 4.69) is 17.4 Å². The number of methoxy groups -OCH3 is 1. The second kappa shape index (κ2) is 7.34. The average molecular weight is 377 g/mol. The summed E-state index contributed by atoms with van der Waals surface area (Å²) in [5.41, 5.74) is 7.42. The van der Waals surface area contributed by atoms with Gasteiger partial charge in [-0.25, -0.2) is 14.5 Å². The van der Waals surface area contributed by atoms with E-state index in [1.54, 1.807) is 7.11 Å². The summed E-state index contributed by atoms with van der Waals surface area (Å²) in [6.45, 7) is 0.793. The zero-order chi connectivity index (χ0) is 19.6. The molecule has 3 N–H and O–H groups in total. The van der Waals surface area contributed by atoms with Gasteiger partial charge >= 0.3 is 6.03 Å². The Hall–Kier alpha value is -3.35. The van der Waals surface area contributed by atoms with Gasteiger partial charge < -0.3 is 15.8 Å². The molecule has 0 unspecified atom stereocenters. The standard InChI is InChI=1S/C21H23N5O2/c1-28-17-9-7-15(8-10-17)14-26-18(13-23-20(22)27)24-19(25-26)21(11-12-21)16-5-3-2-4-6-16/h2-10H,11-14H2,1H3,(H3,22,23,27). The highest BCUT2D eigenvalue weighted by Crippen LogP contribution is 2.52. The molecule has 0 atom stereocenters. The number of hydrogen-bond donors (Lipinski definition) is 2. The summed E-state index contributed by atoms with van der Waals surface area (Å²) in [6, 6.07) is 17.6. The van der Waals surface area contributed by atoms with Gasteiger partial charge in [0.25, 0.3) is 0 Å². The Morgan fingerprint density at radius 3 is 2.50 bits per heavy atom. The molecule has 2 aromatic carbocycles. The number of amides is 2. The molecule has 7 heteroatoms. The van der Waals surface area contributed by atoms with E-state index in [1.165, 1.54) is 5.56 Å². The topological polar surface area (TPSA) is 95.1 Å². The lowest BCUT2D eigenvalue weighted by atomic mass is 9.95. The molecule has 3 aromatic rings. The molecule has 7 nitrogen and oxygen atoms in total. The Bertz CT molecular complexity index is 962. The molecule has 1 aromatic heterocycles. The minimum atomic E-state index is -0.579. The van der Waals surface area contributed by atoms with E-state index >= 15 is 0 Å². The molecule has 0 radical (unpaired) electrons. The monoisotopic (exact) mass is 377 g/mol. The summed E-state index contributed by atoms with van der Waals surface area (Å²) in [7, 11) is 1.64. The zero-order valence-electron chi connectivity index (χ0n) is 15.8. The lowest BCUT2D eigenvalue weighted by Crippen LogP contribution is -2.30. The number of rotatable bonds is 7. The van der Waals surface area contributed by atoms with Crippen molar-refractivity contribution in [1.29, 1.82) is 0 Å². The van der Waals surface area contributed by atoms with Crippen LogP contribution < -0.4 is 15.8 Å². The molecule has 4 rings (SSSR count). The SMILES string of the molecule is COc1ccc(Cn2nc(C3(c4ccccc4)CC3)nc2CNC(N)=O)cc1. The van der Waals surface area contributed by atoms with E-state index in [9.17, 15) is 4.79 Å². The Morgan fingerprint density at radius 1 is 1.18 bits per heavy atom. The Labute approximate surface area is 163 Å². The highest BCUT2D eigenvalue weighted by Gasteiger charge is 2.49. The summed E-state index contributed by atoms with van der Waals surface area (Å²) in [6.07, 6.45) is 2.04. The van der Waals surface area contributed by atoms with Crippen LogP contribution in [0.5, 0.6) is 5.75 Å². The highest BCUT2D eigenvalue weighted by atomic mass is 16.5. The summed E-state index contributed by atoms with van der Waals surface area (Å²) in [5.74, 6) is 2.29. The Kier molecular flexibility index (Phi) is 4.73. The summed E-state index contributed by atoms with van der Waals surface area (Å²) < 4.78 is 7.06. The number of nitrogens with zero attached hydrogens (tertiary/aromatic N) is 3. The summed E-state index contributed by atoms with van der Waals surface area (Å²) in [4.78, 5) is 16.0. The molecule has 0 saturated heterocycles. The number of urea groups is 1. The number of carbonyl (C=O) groups is 1. The van der Waals surface area contributed by atoms with Crippen molar-refractivity contribution in [1.82, 2.24) is 20.1 Å². The zero-order valence-corrected chi connectivity index (χ0v) is 15.8. The van der Waals surface area contributed by atoms with Crippen LogP contribution in [0.25, 0.3) is 0 Å². The van der Waals surface area contributed by atoms with Crippen LogP contribution in [0, 0.1) is 0 Å². The van der Waals surface area contributed by atoms with Crippen molar-refractivity contribution in [3.05, 3.63) is 77.4 Å². The van der Waals surface area contributed by atoms with Gasteiger partial charge in [0.1, 0.15) is 11.6 Å². The first-order chi connectivity index (χ1) is 13.6. The molecule has 28 heavy (non-hydrogen) atoms. The minimum Gasteiger partial charge on any atom is -0.497 e. The second-order valence-corrected chi connectivity index (χ2v) is 7.02. The molecular weight excluding hydrogens is 354 g/mol.